The fourth-order valence-electron chi connectivity index (χ4n) is 2.78. The van der Waals surface area contributed by atoms with Gasteiger partial charge in [0.25, 0.3) is 5.91 Å². The molecule has 2 aromatic rings. The number of hydrogen-bond donors (Lipinski definition) is 1. The molecule has 6 heteroatoms. The first-order chi connectivity index (χ1) is 13.1. The average Bonchev–Trinajstić information content (AvgIpc) is 2.68. The minimum Gasteiger partial charge on any atom is -0.482 e. The highest BCUT2D eigenvalue weighted by Crippen LogP contribution is 2.23. The summed E-state index contributed by atoms with van der Waals surface area (Å²) in [5, 5.41) is 3.25. The van der Waals surface area contributed by atoms with Crippen LogP contribution in [0.25, 0.3) is 0 Å². The number of hydrogen-bond acceptors (Lipinski definition) is 3. The largest absolute Gasteiger partial charge is 0.482 e. The molecule has 0 fully saturated rings. The van der Waals surface area contributed by atoms with Crippen LogP contribution >= 0.6 is 11.6 Å². The summed E-state index contributed by atoms with van der Waals surface area (Å²) in [5.74, 6) is 0.0112. The van der Waals surface area contributed by atoms with E-state index in [0.717, 1.165) is 5.56 Å². The predicted octanol–water partition coefficient (Wildman–Crippen LogP) is 3.66. The van der Waals surface area contributed by atoms with Crippen LogP contribution in [0.5, 0.6) is 5.75 Å². The highest BCUT2D eigenvalue weighted by Gasteiger charge is 2.28. The van der Waals surface area contributed by atoms with E-state index in [1.165, 1.54) is 0 Å². The Morgan fingerprint density at radius 3 is 2.37 bits per heavy atom. The SMILES string of the molecule is CCNC(=O)C(CC)N(Cc1ccccc1)C(=O)COc1ccccc1Cl. The van der Waals surface area contributed by atoms with E-state index in [2.05, 4.69) is 5.32 Å². The lowest BCUT2D eigenvalue weighted by molar-refractivity contribution is -0.142. The number of halogens is 1. The van der Waals surface area contributed by atoms with E-state index in [1.807, 2.05) is 44.2 Å². The van der Waals surface area contributed by atoms with Gasteiger partial charge in [-0.15, -0.1) is 0 Å². The van der Waals surface area contributed by atoms with Gasteiger partial charge in [-0.1, -0.05) is 61.0 Å². The molecule has 0 saturated heterocycles. The third kappa shape index (κ3) is 6.00. The molecule has 2 amide bonds. The molecule has 0 aromatic heterocycles. The summed E-state index contributed by atoms with van der Waals surface area (Å²) in [6.07, 6.45) is 0.510. The summed E-state index contributed by atoms with van der Waals surface area (Å²) in [5.41, 5.74) is 0.950. The minimum absolute atomic E-state index is 0.165. The summed E-state index contributed by atoms with van der Waals surface area (Å²) >= 11 is 6.08. The van der Waals surface area contributed by atoms with Gasteiger partial charge >= 0.3 is 0 Å². The maximum Gasteiger partial charge on any atom is 0.261 e. The number of carbonyl (C=O) groups is 2. The van der Waals surface area contributed by atoms with Gasteiger partial charge in [0.15, 0.2) is 6.61 Å². The molecule has 0 aliphatic rings. The zero-order chi connectivity index (χ0) is 19.6. The Kier molecular flexibility index (Phi) is 8.14. The van der Waals surface area contributed by atoms with Crippen molar-refractivity contribution in [2.45, 2.75) is 32.9 Å². The maximum atomic E-state index is 12.9. The van der Waals surface area contributed by atoms with E-state index in [4.69, 9.17) is 16.3 Å². The fourth-order valence-corrected chi connectivity index (χ4v) is 2.97. The van der Waals surface area contributed by atoms with Crippen molar-refractivity contribution >= 4 is 23.4 Å². The summed E-state index contributed by atoms with van der Waals surface area (Å²) in [7, 11) is 0. The van der Waals surface area contributed by atoms with Crippen LogP contribution < -0.4 is 10.1 Å². The Morgan fingerprint density at radius 2 is 1.74 bits per heavy atom. The quantitative estimate of drug-likeness (QED) is 0.713. The minimum atomic E-state index is -0.562. The van der Waals surface area contributed by atoms with Crippen molar-refractivity contribution in [3.05, 3.63) is 65.2 Å². The van der Waals surface area contributed by atoms with Crippen LogP contribution in [0.4, 0.5) is 0 Å². The van der Waals surface area contributed by atoms with E-state index in [-0.39, 0.29) is 18.4 Å². The molecule has 0 spiro atoms. The van der Waals surface area contributed by atoms with Gasteiger partial charge in [-0.2, -0.15) is 0 Å². The van der Waals surface area contributed by atoms with E-state index < -0.39 is 6.04 Å². The number of rotatable bonds is 9. The summed E-state index contributed by atoms with van der Waals surface area (Å²) in [4.78, 5) is 27.0. The van der Waals surface area contributed by atoms with Gasteiger partial charge < -0.3 is 15.0 Å². The van der Waals surface area contributed by atoms with Crippen LogP contribution in [-0.4, -0.2) is 35.9 Å². The van der Waals surface area contributed by atoms with Gasteiger partial charge in [0, 0.05) is 13.1 Å². The highest BCUT2D eigenvalue weighted by molar-refractivity contribution is 6.32. The Labute approximate surface area is 165 Å². The molecule has 144 valence electrons. The molecule has 27 heavy (non-hydrogen) atoms. The Bertz CT molecular complexity index is 752. The zero-order valence-corrected chi connectivity index (χ0v) is 16.4. The molecule has 1 N–H and O–H groups in total. The molecule has 2 rings (SSSR count). The number of carbonyl (C=O) groups excluding carboxylic acids is 2. The Hall–Kier alpha value is -2.53. The number of amides is 2. The molecule has 0 heterocycles. The normalized spacial score (nSPS) is 11.5. The number of ether oxygens (including phenoxy) is 1. The molecule has 0 saturated carbocycles. The third-order valence-electron chi connectivity index (χ3n) is 4.12. The van der Waals surface area contributed by atoms with Crippen LogP contribution in [0, 0.1) is 0 Å². The molecule has 2 aromatic carbocycles. The van der Waals surface area contributed by atoms with Gasteiger partial charge in [0.05, 0.1) is 5.02 Å². The highest BCUT2D eigenvalue weighted by atomic mass is 35.5. The first kappa shape index (κ1) is 20.8. The number of para-hydroxylation sites is 1. The molecule has 1 unspecified atom stereocenters. The van der Waals surface area contributed by atoms with Crippen LogP contribution in [0.1, 0.15) is 25.8 Å². The van der Waals surface area contributed by atoms with Crippen molar-refractivity contribution in [2.24, 2.45) is 0 Å². The van der Waals surface area contributed by atoms with Crippen LogP contribution in [-0.2, 0) is 16.1 Å². The smallest absolute Gasteiger partial charge is 0.261 e. The molecule has 1 atom stereocenters. The molecule has 0 radical (unpaired) electrons. The summed E-state index contributed by atoms with van der Waals surface area (Å²) in [6.45, 7) is 4.40. The lowest BCUT2D eigenvalue weighted by Gasteiger charge is -2.30. The topological polar surface area (TPSA) is 58.6 Å². The first-order valence-electron chi connectivity index (χ1n) is 9.05. The molecule has 0 aliphatic heterocycles. The van der Waals surface area contributed by atoms with E-state index in [1.54, 1.807) is 29.2 Å². The van der Waals surface area contributed by atoms with Gasteiger partial charge in [-0.3, -0.25) is 9.59 Å². The van der Waals surface area contributed by atoms with Gasteiger partial charge in [0.1, 0.15) is 11.8 Å². The van der Waals surface area contributed by atoms with Crippen molar-refractivity contribution in [1.82, 2.24) is 10.2 Å². The monoisotopic (exact) mass is 388 g/mol. The standard InChI is InChI=1S/C21H25ClN2O3/c1-3-18(21(26)23-4-2)24(14-16-10-6-5-7-11-16)20(25)15-27-19-13-9-8-12-17(19)22/h5-13,18H,3-4,14-15H2,1-2H3,(H,23,26). The van der Waals surface area contributed by atoms with Crippen molar-refractivity contribution in [3.63, 3.8) is 0 Å². The van der Waals surface area contributed by atoms with Crippen molar-refractivity contribution < 1.29 is 14.3 Å². The number of nitrogens with zero attached hydrogens (tertiary/aromatic N) is 1. The van der Waals surface area contributed by atoms with Gasteiger partial charge in [-0.05, 0) is 31.0 Å². The van der Waals surface area contributed by atoms with Crippen LogP contribution in [0.2, 0.25) is 5.02 Å². The maximum absolute atomic E-state index is 12.9. The lowest BCUT2D eigenvalue weighted by atomic mass is 10.1. The number of benzene rings is 2. The third-order valence-corrected chi connectivity index (χ3v) is 4.43. The second-order valence-corrected chi connectivity index (χ2v) is 6.45. The average molecular weight is 389 g/mol. The van der Waals surface area contributed by atoms with E-state index >= 15 is 0 Å². The molecule has 5 nitrogen and oxygen atoms in total. The van der Waals surface area contributed by atoms with E-state index in [9.17, 15) is 9.59 Å². The van der Waals surface area contributed by atoms with Crippen molar-refractivity contribution in [1.29, 1.82) is 0 Å². The fraction of sp³-hybridized carbons (Fsp3) is 0.333. The van der Waals surface area contributed by atoms with Crippen molar-refractivity contribution in [2.75, 3.05) is 13.2 Å². The molecular formula is C21H25ClN2O3. The molecule has 0 aliphatic carbocycles. The summed E-state index contributed by atoms with van der Waals surface area (Å²) in [6, 6.07) is 16.0. The van der Waals surface area contributed by atoms with Crippen LogP contribution in [0.15, 0.2) is 54.6 Å². The predicted molar refractivity (Wildman–Crippen MR) is 107 cm³/mol. The Balaban J connectivity index is 2.17. The van der Waals surface area contributed by atoms with Gasteiger partial charge in [-0.25, -0.2) is 0 Å². The van der Waals surface area contributed by atoms with Crippen LogP contribution in [0.3, 0.4) is 0 Å². The number of nitrogens with one attached hydrogen (secondary N) is 1. The summed E-state index contributed by atoms with van der Waals surface area (Å²) < 4.78 is 5.60. The van der Waals surface area contributed by atoms with Crippen molar-refractivity contribution in [3.8, 4) is 5.75 Å². The number of likely N-dealkylation sites (N-methyl/N-ethyl adjacent to an activating group) is 1. The molecular weight excluding hydrogens is 364 g/mol. The van der Waals surface area contributed by atoms with E-state index in [0.29, 0.717) is 30.3 Å². The Morgan fingerprint density at radius 1 is 1.07 bits per heavy atom. The zero-order valence-electron chi connectivity index (χ0n) is 15.7. The molecule has 0 bridgehead atoms. The lowest BCUT2D eigenvalue weighted by Crippen LogP contribution is -2.50. The van der Waals surface area contributed by atoms with Gasteiger partial charge in [0.2, 0.25) is 5.91 Å². The first-order valence-corrected chi connectivity index (χ1v) is 9.43. The second kappa shape index (κ2) is 10.6. The second-order valence-electron chi connectivity index (χ2n) is 6.04.